The summed E-state index contributed by atoms with van der Waals surface area (Å²) < 4.78 is 25.6. The SMILES string of the molecule is CN(C)C(c1ccc(Cl)cc1)C1CCC(CCNC(=O)c2ccccc2NCS(=O)(=O)c2ccc(Cl)c(Cl)c2)CC1. The molecule has 0 radical (unpaired) electrons. The summed E-state index contributed by atoms with van der Waals surface area (Å²) in [6.45, 7) is 0.568. The van der Waals surface area contributed by atoms with Crippen molar-refractivity contribution >= 4 is 56.2 Å². The van der Waals surface area contributed by atoms with E-state index >= 15 is 0 Å². The van der Waals surface area contributed by atoms with E-state index in [1.54, 1.807) is 24.3 Å². The third-order valence-corrected chi connectivity index (χ3v) is 10.3. The van der Waals surface area contributed by atoms with Crippen LogP contribution in [0.3, 0.4) is 0 Å². The molecule has 0 spiro atoms. The van der Waals surface area contributed by atoms with Crippen LogP contribution in [0.5, 0.6) is 0 Å². The monoisotopic (exact) mass is 635 g/mol. The summed E-state index contributed by atoms with van der Waals surface area (Å²) in [5.41, 5.74) is 2.15. The molecule has 4 rings (SSSR count). The van der Waals surface area contributed by atoms with Gasteiger partial charge in [0.05, 0.1) is 20.5 Å². The summed E-state index contributed by atoms with van der Waals surface area (Å²) in [5, 5.41) is 7.14. The van der Waals surface area contributed by atoms with Crippen LogP contribution < -0.4 is 10.6 Å². The molecule has 6 nitrogen and oxygen atoms in total. The quantitative estimate of drug-likeness (QED) is 0.225. The van der Waals surface area contributed by atoms with Gasteiger partial charge < -0.3 is 15.5 Å². The number of sulfone groups is 1. The van der Waals surface area contributed by atoms with Gasteiger partial charge in [-0.25, -0.2) is 8.42 Å². The molecule has 0 aromatic heterocycles. The Morgan fingerprint density at radius 1 is 0.927 bits per heavy atom. The van der Waals surface area contributed by atoms with E-state index in [1.165, 1.54) is 23.8 Å². The number of nitrogens with one attached hydrogen (secondary N) is 2. The van der Waals surface area contributed by atoms with Gasteiger partial charge in [-0.3, -0.25) is 4.79 Å². The Balaban J connectivity index is 1.28. The molecule has 41 heavy (non-hydrogen) atoms. The van der Waals surface area contributed by atoms with Crippen LogP contribution in [0.4, 0.5) is 5.69 Å². The number of carbonyl (C=O) groups excluding carboxylic acids is 1. The van der Waals surface area contributed by atoms with Gasteiger partial charge >= 0.3 is 0 Å². The van der Waals surface area contributed by atoms with E-state index in [1.807, 2.05) is 12.1 Å². The fourth-order valence-corrected chi connectivity index (χ4v) is 7.27. The molecule has 2 N–H and O–H groups in total. The number of carbonyl (C=O) groups is 1. The second kappa shape index (κ2) is 14.3. The smallest absolute Gasteiger partial charge is 0.253 e. The van der Waals surface area contributed by atoms with Crippen LogP contribution in [-0.4, -0.2) is 45.7 Å². The molecule has 0 saturated heterocycles. The lowest BCUT2D eigenvalue weighted by atomic mass is 9.75. The average Bonchev–Trinajstić information content (AvgIpc) is 2.95. The van der Waals surface area contributed by atoms with E-state index in [0.29, 0.717) is 35.7 Å². The highest BCUT2D eigenvalue weighted by Gasteiger charge is 2.30. The molecule has 1 unspecified atom stereocenters. The van der Waals surface area contributed by atoms with Gasteiger partial charge in [-0.2, -0.15) is 0 Å². The lowest BCUT2D eigenvalue weighted by molar-refractivity contribution is 0.0948. The first-order chi connectivity index (χ1) is 19.5. The van der Waals surface area contributed by atoms with Gasteiger partial charge in [-0.1, -0.05) is 71.9 Å². The van der Waals surface area contributed by atoms with Crippen molar-refractivity contribution in [3.05, 3.63) is 92.9 Å². The van der Waals surface area contributed by atoms with Crippen LogP contribution in [0.2, 0.25) is 15.1 Å². The topological polar surface area (TPSA) is 78.5 Å². The zero-order valence-electron chi connectivity index (χ0n) is 23.2. The van der Waals surface area contributed by atoms with Crippen molar-refractivity contribution in [3.63, 3.8) is 0 Å². The summed E-state index contributed by atoms with van der Waals surface area (Å²) in [6.07, 6.45) is 5.45. The predicted molar refractivity (Wildman–Crippen MR) is 169 cm³/mol. The highest BCUT2D eigenvalue weighted by atomic mass is 35.5. The number of hydrogen-bond donors (Lipinski definition) is 2. The maximum absolute atomic E-state index is 13.0. The van der Waals surface area contributed by atoms with Crippen LogP contribution in [0.1, 0.15) is 54.1 Å². The number of halogens is 3. The van der Waals surface area contributed by atoms with Crippen molar-refractivity contribution in [1.82, 2.24) is 10.2 Å². The Kier molecular flexibility index (Phi) is 11.0. The molecule has 1 aliphatic rings. The maximum atomic E-state index is 13.0. The van der Waals surface area contributed by atoms with Gasteiger partial charge in [0, 0.05) is 23.3 Å². The Bertz CT molecular complexity index is 1440. The summed E-state index contributed by atoms with van der Waals surface area (Å²) in [5.74, 6) is 0.520. The molecule has 0 aliphatic heterocycles. The Morgan fingerprint density at radius 2 is 1.61 bits per heavy atom. The first-order valence-corrected chi connectivity index (χ1v) is 16.5. The van der Waals surface area contributed by atoms with Crippen molar-refractivity contribution < 1.29 is 13.2 Å². The molecule has 0 bridgehead atoms. The minimum atomic E-state index is -3.70. The molecular weight excluding hydrogens is 601 g/mol. The number of amides is 1. The third kappa shape index (κ3) is 8.39. The molecule has 10 heteroatoms. The number of nitrogens with zero attached hydrogens (tertiary/aromatic N) is 1. The fourth-order valence-electron chi connectivity index (χ4n) is 5.69. The first kappa shape index (κ1) is 31.6. The lowest BCUT2D eigenvalue weighted by Gasteiger charge is -2.37. The molecule has 3 aromatic rings. The number of para-hydroxylation sites is 1. The standard InChI is InChI=1S/C31H36Cl3N3O3S/c1-37(2)30(23-11-13-24(32)14-12-23)22-9-7-21(8-10-22)17-18-35-31(38)26-5-3-4-6-29(26)36-20-41(39,40)25-15-16-27(33)28(34)19-25/h3-6,11-16,19,21-22,30,36H,7-10,17-18,20H2,1-2H3,(H,35,38). The summed E-state index contributed by atoms with van der Waals surface area (Å²) in [6, 6.07) is 19.6. The molecular formula is C31H36Cl3N3O3S. The molecule has 1 aliphatic carbocycles. The molecule has 0 heterocycles. The maximum Gasteiger partial charge on any atom is 0.253 e. The number of benzene rings is 3. The van der Waals surface area contributed by atoms with Gasteiger partial charge in [-0.15, -0.1) is 0 Å². The average molecular weight is 637 g/mol. The third-order valence-electron chi connectivity index (χ3n) is 7.82. The van der Waals surface area contributed by atoms with Gasteiger partial charge in [0.2, 0.25) is 0 Å². The minimum Gasteiger partial charge on any atom is -0.371 e. The van der Waals surface area contributed by atoms with Gasteiger partial charge in [-0.05, 0) is 93.2 Å². The van der Waals surface area contributed by atoms with Crippen LogP contribution in [-0.2, 0) is 9.84 Å². The molecule has 1 atom stereocenters. The van der Waals surface area contributed by atoms with Crippen LogP contribution >= 0.6 is 34.8 Å². The van der Waals surface area contributed by atoms with Crippen LogP contribution in [0, 0.1) is 11.8 Å². The zero-order valence-corrected chi connectivity index (χ0v) is 26.3. The van der Waals surface area contributed by atoms with E-state index in [9.17, 15) is 13.2 Å². The highest BCUT2D eigenvalue weighted by Crippen LogP contribution is 2.40. The normalized spacial score (nSPS) is 18.2. The van der Waals surface area contributed by atoms with Gasteiger partial charge in [0.1, 0.15) is 5.88 Å². The van der Waals surface area contributed by atoms with Crippen molar-refractivity contribution in [2.24, 2.45) is 11.8 Å². The minimum absolute atomic E-state index is 0.0566. The lowest BCUT2D eigenvalue weighted by Crippen LogP contribution is -2.31. The van der Waals surface area contributed by atoms with Crippen molar-refractivity contribution in [1.29, 1.82) is 0 Å². The van der Waals surface area contributed by atoms with E-state index in [-0.39, 0.29) is 26.7 Å². The molecule has 3 aromatic carbocycles. The highest BCUT2D eigenvalue weighted by molar-refractivity contribution is 7.91. The van der Waals surface area contributed by atoms with Crippen LogP contribution in [0.15, 0.2) is 71.6 Å². The second-order valence-electron chi connectivity index (χ2n) is 10.8. The van der Waals surface area contributed by atoms with Crippen molar-refractivity contribution in [2.45, 2.75) is 43.0 Å². The molecule has 220 valence electrons. The largest absolute Gasteiger partial charge is 0.371 e. The zero-order chi connectivity index (χ0) is 29.6. The van der Waals surface area contributed by atoms with Gasteiger partial charge in [0.15, 0.2) is 9.84 Å². The van der Waals surface area contributed by atoms with E-state index < -0.39 is 9.84 Å². The first-order valence-electron chi connectivity index (χ1n) is 13.8. The Labute approximate surface area is 258 Å². The second-order valence-corrected chi connectivity index (χ2v) is 14.1. The van der Waals surface area contributed by atoms with Crippen LogP contribution in [0.25, 0.3) is 0 Å². The van der Waals surface area contributed by atoms with Gasteiger partial charge in [0.25, 0.3) is 5.91 Å². The molecule has 1 saturated carbocycles. The number of rotatable bonds is 11. The Hall–Kier alpha value is -2.29. The van der Waals surface area contributed by atoms with Crippen molar-refractivity contribution in [2.75, 3.05) is 31.8 Å². The summed E-state index contributed by atoms with van der Waals surface area (Å²) in [4.78, 5) is 15.4. The van der Waals surface area contributed by atoms with Crippen molar-refractivity contribution in [3.8, 4) is 0 Å². The fraction of sp³-hybridized carbons (Fsp3) is 0.387. The molecule has 1 amide bonds. The van der Waals surface area contributed by atoms with E-state index in [2.05, 4.69) is 41.8 Å². The number of anilines is 1. The van der Waals surface area contributed by atoms with E-state index in [0.717, 1.165) is 37.1 Å². The summed E-state index contributed by atoms with van der Waals surface area (Å²) in [7, 11) is 0.568. The summed E-state index contributed by atoms with van der Waals surface area (Å²) >= 11 is 18.0. The predicted octanol–water partition coefficient (Wildman–Crippen LogP) is 7.72. The van der Waals surface area contributed by atoms with E-state index in [4.69, 9.17) is 34.8 Å². The Morgan fingerprint density at radius 3 is 2.27 bits per heavy atom. The molecule has 1 fully saturated rings. The number of hydrogen-bond acceptors (Lipinski definition) is 5.